The monoisotopic (exact) mass is 435 g/mol. The number of aromatic nitrogens is 2. The summed E-state index contributed by atoms with van der Waals surface area (Å²) >= 11 is 12.3. The van der Waals surface area contributed by atoms with Crippen LogP contribution in [0.4, 0.5) is 5.69 Å². The Hall–Kier alpha value is -2.82. The molecule has 0 spiro atoms. The van der Waals surface area contributed by atoms with Crippen molar-refractivity contribution in [2.24, 2.45) is 0 Å². The summed E-state index contributed by atoms with van der Waals surface area (Å²) in [5.41, 5.74) is 3.92. The van der Waals surface area contributed by atoms with Gasteiger partial charge in [-0.3, -0.25) is 4.79 Å². The maximum Gasteiger partial charge on any atom is 0.227 e. The molecular weight excluding hydrogens is 417 g/mol. The van der Waals surface area contributed by atoms with E-state index in [1.165, 1.54) is 0 Å². The molecule has 1 aliphatic rings. The number of para-hydroxylation sites is 2. The van der Waals surface area contributed by atoms with Crippen LogP contribution in [-0.2, 0) is 11.3 Å². The van der Waals surface area contributed by atoms with Crippen LogP contribution in [0, 0.1) is 0 Å². The average molecular weight is 436 g/mol. The molecule has 150 valence electrons. The molecule has 1 saturated heterocycles. The molecule has 2 heterocycles. The van der Waals surface area contributed by atoms with E-state index in [1.807, 2.05) is 60.7 Å². The fourth-order valence-corrected chi connectivity index (χ4v) is 4.56. The Morgan fingerprint density at radius 2 is 1.70 bits per heavy atom. The van der Waals surface area contributed by atoms with Crippen LogP contribution in [0.5, 0.6) is 0 Å². The van der Waals surface area contributed by atoms with Gasteiger partial charge in [-0.15, -0.1) is 0 Å². The number of halogens is 2. The lowest BCUT2D eigenvalue weighted by molar-refractivity contribution is -0.117. The van der Waals surface area contributed by atoms with Crippen LogP contribution in [0.3, 0.4) is 0 Å². The summed E-state index contributed by atoms with van der Waals surface area (Å²) in [7, 11) is 0. The largest absolute Gasteiger partial charge is 0.323 e. The summed E-state index contributed by atoms with van der Waals surface area (Å²) in [5.74, 6) is 1.01. The quantitative estimate of drug-likeness (QED) is 0.399. The summed E-state index contributed by atoms with van der Waals surface area (Å²) in [4.78, 5) is 19.6. The molecule has 3 aromatic carbocycles. The van der Waals surface area contributed by atoms with Crippen molar-refractivity contribution in [1.29, 1.82) is 0 Å². The molecule has 0 radical (unpaired) electrons. The average Bonchev–Trinajstić information content (AvgIpc) is 3.29. The number of anilines is 1. The van der Waals surface area contributed by atoms with E-state index in [9.17, 15) is 4.79 Å². The first-order valence-corrected chi connectivity index (χ1v) is 10.6. The third kappa shape index (κ3) is 3.57. The Kier molecular flexibility index (Phi) is 4.97. The summed E-state index contributed by atoms with van der Waals surface area (Å²) in [6.07, 6.45) is 0.422. The van der Waals surface area contributed by atoms with Gasteiger partial charge in [-0.2, -0.15) is 0 Å². The lowest BCUT2D eigenvalue weighted by atomic mass is 10.1. The van der Waals surface area contributed by atoms with Crippen molar-refractivity contribution < 1.29 is 4.79 Å². The standard InChI is InChI=1S/C24H19Cl2N3O/c25-18-6-3-5-16(11-18)14-29-22-10-2-1-9-21(22)27-24(29)17-12-23(30)28(15-17)20-8-4-7-19(26)13-20/h1-11,13,17H,12,14-15H2. The van der Waals surface area contributed by atoms with Crippen molar-refractivity contribution in [3.63, 3.8) is 0 Å². The van der Waals surface area contributed by atoms with Crippen molar-refractivity contribution in [3.8, 4) is 0 Å². The first-order chi connectivity index (χ1) is 14.6. The molecule has 1 aliphatic heterocycles. The highest BCUT2D eigenvalue weighted by molar-refractivity contribution is 6.31. The molecule has 4 nitrogen and oxygen atoms in total. The van der Waals surface area contributed by atoms with Gasteiger partial charge in [0.15, 0.2) is 0 Å². The van der Waals surface area contributed by atoms with E-state index in [1.54, 1.807) is 4.90 Å². The molecule has 0 saturated carbocycles. The molecule has 1 aromatic heterocycles. The van der Waals surface area contributed by atoms with Gasteiger partial charge in [0.1, 0.15) is 5.82 Å². The van der Waals surface area contributed by atoms with Gasteiger partial charge in [-0.1, -0.05) is 53.5 Å². The Labute approximate surface area is 184 Å². The van der Waals surface area contributed by atoms with E-state index < -0.39 is 0 Å². The topological polar surface area (TPSA) is 38.1 Å². The van der Waals surface area contributed by atoms with E-state index in [0.717, 1.165) is 28.1 Å². The second-order valence-corrected chi connectivity index (χ2v) is 8.43. The summed E-state index contributed by atoms with van der Waals surface area (Å²) in [6.45, 7) is 1.23. The van der Waals surface area contributed by atoms with Crippen molar-refractivity contribution >= 4 is 45.8 Å². The number of rotatable bonds is 4. The number of carbonyl (C=O) groups excluding carboxylic acids is 1. The Balaban J connectivity index is 1.53. The zero-order valence-corrected chi connectivity index (χ0v) is 17.6. The second kappa shape index (κ2) is 7.78. The number of benzene rings is 3. The number of nitrogens with zero attached hydrogens (tertiary/aromatic N) is 3. The van der Waals surface area contributed by atoms with Crippen LogP contribution in [0.2, 0.25) is 10.0 Å². The normalized spacial score (nSPS) is 16.5. The molecule has 1 atom stereocenters. The van der Waals surface area contributed by atoms with Crippen molar-refractivity contribution in [2.45, 2.75) is 18.9 Å². The van der Waals surface area contributed by atoms with Gasteiger partial charge in [-0.25, -0.2) is 4.98 Å². The molecule has 1 fully saturated rings. The predicted molar refractivity (Wildman–Crippen MR) is 121 cm³/mol. The Morgan fingerprint density at radius 1 is 0.933 bits per heavy atom. The van der Waals surface area contributed by atoms with E-state index in [2.05, 4.69) is 16.7 Å². The first-order valence-electron chi connectivity index (χ1n) is 9.84. The van der Waals surface area contributed by atoms with Crippen molar-refractivity contribution in [1.82, 2.24) is 9.55 Å². The number of fused-ring (bicyclic) bond motifs is 1. The molecule has 0 bridgehead atoms. The molecule has 0 N–H and O–H groups in total. The number of hydrogen-bond acceptors (Lipinski definition) is 2. The van der Waals surface area contributed by atoms with Gasteiger partial charge >= 0.3 is 0 Å². The molecule has 1 amide bonds. The molecule has 30 heavy (non-hydrogen) atoms. The lowest BCUT2D eigenvalue weighted by Crippen LogP contribution is -2.24. The van der Waals surface area contributed by atoms with Gasteiger partial charge in [0.2, 0.25) is 5.91 Å². The minimum atomic E-state index is 0.00284. The number of amides is 1. The summed E-state index contributed by atoms with van der Waals surface area (Å²) in [5, 5.41) is 1.33. The Morgan fingerprint density at radius 3 is 2.50 bits per heavy atom. The maximum atomic E-state index is 12.8. The van der Waals surface area contributed by atoms with Crippen LogP contribution in [-0.4, -0.2) is 22.0 Å². The smallest absolute Gasteiger partial charge is 0.227 e. The predicted octanol–water partition coefficient (Wildman–Crippen LogP) is 5.91. The van der Waals surface area contributed by atoms with Gasteiger partial charge in [0.05, 0.1) is 11.0 Å². The second-order valence-electron chi connectivity index (χ2n) is 7.56. The lowest BCUT2D eigenvalue weighted by Gasteiger charge is -2.18. The summed E-state index contributed by atoms with van der Waals surface area (Å²) < 4.78 is 2.21. The van der Waals surface area contributed by atoms with Crippen LogP contribution >= 0.6 is 23.2 Å². The molecule has 5 rings (SSSR count). The zero-order chi connectivity index (χ0) is 20.7. The molecule has 0 aliphatic carbocycles. The van der Waals surface area contributed by atoms with E-state index in [0.29, 0.717) is 29.6 Å². The van der Waals surface area contributed by atoms with Crippen molar-refractivity contribution in [3.05, 3.63) is 94.2 Å². The number of imidazole rings is 1. The van der Waals surface area contributed by atoms with Crippen LogP contribution in [0.15, 0.2) is 72.8 Å². The van der Waals surface area contributed by atoms with Gasteiger partial charge < -0.3 is 9.47 Å². The molecule has 4 aromatic rings. The van der Waals surface area contributed by atoms with Gasteiger partial charge in [-0.05, 0) is 48.0 Å². The first kappa shape index (κ1) is 19.2. The van der Waals surface area contributed by atoms with E-state index in [-0.39, 0.29) is 11.8 Å². The van der Waals surface area contributed by atoms with Crippen LogP contribution < -0.4 is 4.90 Å². The minimum Gasteiger partial charge on any atom is -0.323 e. The third-order valence-electron chi connectivity index (χ3n) is 5.52. The van der Waals surface area contributed by atoms with Crippen LogP contribution in [0.25, 0.3) is 11.0 Å². The van der Waals surface area contributed by atoms with Gasteiger partial charge in [0, 0.05) is 41.2 Å². The highest BCUT2D eigenvalue weighted by Crippen LogP contribution is 2.34. The Bertz CT molecular complexity index is 1250. The highest BCUT2D eigenvalue weighted by Gasteiger charge is 2.35. The van der Waals surface area contributed by atoms with Gasteiger partial charge in [0.25, 0.3) is 0 Å². The highest BCUT2D eigenvalue weighted by atomic mass is 35.5. The van der Waals surface area contributed by atoms with E-state index in [4.69, 9.17) is 28.2 Å². The number of carbonyl (C=O) groups is 1. The summed E-state index contributed by atoms with van der Waals surface area (Å²) in [6, 6.07) is 23.4. The minimum absolute atomic E-state index is 0.00284. The van der Waals surface area contributed by atoms with Crippen molar-refractivity contribution in [2.75, 3.05) is 11.4 Å². The van der Waals surface area contributed by atoms with Crippen LogP contribution in [0.1, 0.15) is 23.7 Å². The maximum absolute atomic E-state index is 12.8. The SMILES string of the molecule is O=C1CC(c2nc3ccccc3n2Cc2cccc(Cl)c2)CN1c1cccc(Cl)c1. The molecule has 1 unspecified atom stereocenters. The zero-order valence-electron chi connectivity index (χ0n) is 16.1. The molecular formula is C24H19Cl2N3O. The van der Waals surface area contributed by atoms with E-state index >= 15 is 0 Å². The fourth-order valence-electron chi connectivity index (χ4n) is 4.16. The number of hydrogen-bond donors (Lipinski definition) is 0. The third-order valence-corrected chi connectivity index (χ3v) is 5.99. The fraction of sp³-hybridized carbons (Fsp3) is 0.167. The molecule has 6 heteroatoms.